The van der Waals surface area contributed by atoms with Crippen LogP contribution in [0.5, 0.6) is 0 Å². The SMILES string of the molecule is Cc1ccc(S(=O)(=O)N[C@@H]2CCCC[C@H]2N(CCCCCOC(c2ccccc2)(c2ccccc2)c2ccccc2)S(=O)(=O)c2ccc(C)cc2)cc1. The Labute approximate surface area is 316 Å². The lowest BCUT2D eigenvalue weighted by atomic mass is 9.80. The van der Waals surface area contributed by atoms with Gasteiger partial charge in [-0.15, -0.1) is 0 Å². The quantitative estimate of drug-likeness (QED) is 0.0805. The first-order chi connectivity index (χ1) is 25.6. The molecule has 1 N–H and O–H groups in total. The first-order valence-electron chi connectivity index (χ1n) is 18.6. The number of aryl methyl sites for hydroxylation is 2. The average Bonchev–Trinajstić information content (AvgIpc) is 3.18. The van der Waals surface area contributed by atoms with Crippen LogP contribution in [0.3, 0.4) is 0 Å². The van der Waals surface area contributed by atoms with Crippen LogP contribution in [0.25, 0.3) is 0 Å². The van der Waals surface area contributed by atoms with Crippen LogP contribution in [-0.4, -0.2) is 46.4 Å². The van der Waals surface area contributed by atoms with Gasteiger partial charge in [0.25, 0.3) is 0 Å². The fourth-order valence-corrected chi connectivity index (χ4v) is 10.5. The smallest absolute Gasteiger partial charge is 0.243 e. The maximum Gasteiger partial charge on any atom is 0.243 e. The Balaban J connectivity index is 1.21. The molecule has 5 aromatic rings. The summed E-state index contributed by atoms with van der Waals surface area (Å²) in [7, 11) is -7.80. The van der Waals surface area contributed by atoms with Crippen molar-refractivity contribution in [3.63, 3.8) is 0 Å². The monoisotopic (exact) mass is 750 g/mol. The van der Waals surface area contributed by atoms with Gasteiger partial charge >= 0.3 is 0 Å². The molecule has 0 amide bonds. The molecule has 278 valence electrons. The van der Waals surface area contributed by atoms with E-state index in [2.05, 4.69) is 41.1 Å². The van der Waals surface area contributed by atoms with Crippen molar-refractivity contribution in [2.45, 2.75) is 86.3 Å². The van der Waals surface area contributed by atoms with E-state index in [9.17, 15) is 16.8 Å². The molecule has 0 aromatic heterocycles. The normalized spacial score (nSPS) is 16.8. The average molecular weight is 751 g/mol. The van der Waals surface area contributed by atoms with Crippen LogP contribution in [0, 0.1) is 13.8 Å². The third kappa shape index (κ3) is 8.99. The van der Waals surface area contributed by atoms with Crippen LogP contribution in [0.4, 0.5) is 0 Å². The minimum absolute atomic E-state index is 0.179. The Bertz CT molecular complexity index is 2010. The summed E-state index contributed by atoms with van der Waals surface area (Å²) in [6, 6.07) is 43.4. The highest BCUT2D eigenvalue weighted by atomic mass is 32.2. The van der Waals surface area contributed by atoms with Gasteiger partial charge in [0.05, 0.1) is 9.79 Å². The summed E-state index contributed by atoms with van der Waals surface area (Å²) in [6.07, 6.45) is 4.80. The predicted octanol–water partition coefficient (Wildman–Crippen LogP) is 8.76. The molecule has 0 saturated heterocycles. The first kappa shape index (κ1) is 38.6. The molecule has 0 aliphatic heterocycles. The summed E-state index contributed by atoms with van der Waals surface area (Å²) in [5.74, 6) is 0. The van der Waals surface area contributed by atoms with E-state index >= 15 is 0 Å². The van der Waals surface area contributed by atoms with E-state index in [0.29, 0.717) is 32.3 Å². The minimum Gasteiger partial charge on any atom is -0.361 e. The zero-order valence-electron chi connectivity index (χ0n) is 30.6. The van der Waals surface area contributed by atoms with Gasteiger partial charge in [-0.25, -0.2) is 21.6 Å². The zero-order valence-corrected chi connectivity index (χ0v) is 32.2. The van der Waals surface area contributed by atoms with E-state index in [4.69, 9.17) is 4.74 Å². The molecule has 0 bridgehead atoms. The van der Waals surface area contributed by atoms with Crippen molar-refractivity contribution in [1.29, 1.82) is 0 Å². The minimum atomic E-state index is -3.93. The number of nitrogens with one attached hydrogen (secondary N) is 1. The van der Waals surface area contributed by atoms with E-state index < -0.39 is 37.7 Å². The van der Waals surface area contributed by atoms with Crippen LogP contribution in [-0.2, 0) is 30.4 Å². The van der Waals surface area contributed by atoms with Gasteiger partial charge in [0.15, 0.2) is 0 Å². The van der Waals surface area contributed by atoms with E-state index in [1.54, 1.807) is 52.8 Å². The fraction of sp³-hybridized carbons (Fsp3) is 0.318. The van der Waals surface area contributed by atoms with E-state index in [1.165, 1.54) is 0 Å². The Morgan fingerprint density at radius 3 is 1.58 bits per heavy atom. The zero-order chi connectivity index (χ0) is 37.3. The molecule has 7 nitrogen and oxygen atoms in total. The molecule has 53 heavy (non-hydrogen) atoms. The molecule has 2 atom stereocenters. The van der Waals surface area contributed by atoms with Gasteiger partial charge < -0.3 is 4.74 Å². The summed E-state index contributed by atoms with van der Waals surface area (Å²) >= 11 is 0. The Kier molecular flexibility index (Phi) is 12.6. The molecule has 1 aliphatic rings. The molecule has 1 fully saturated rings. The standard InChI is InChI=1S/C44H50N2O5S2/c1-35-25-29-40(30-26-35)52(47,48)45-42-23-13-14-24-43(42)46(53(49,50)41-31-27-36(2)28-32-41)33-15-6-16-34-51-44(37-17-7-3-8-18-37,38-19-9-4-10-20-38)39-21-11-5-12-22-39/h3-5,7-12,17-22,25-32,42-43,45H,6,13-16,23-24,33-34H2,1-2H3/t42-,43-/m1/s1. The molecule has 1 aliphatic carbocycles. The van der Waals surface area contributed by atoms with Crippen LogP contribution in [0.1, 0.15) is 72.8 Å². The van der Waals surface area contributed by atoms with Gasteiger partial charge in [0, 0.05) is 25.2 Å². The number of rotatable bonds is 16. The highest BCUT2D eigenvalue weighted by Gasteiger charge is 2.40. The maximum atomic E-state index is 14.4. The topological polar surface area (TPSA) is 92.8 Å². The highest BCUT2D eigenvalue weighted by molar-refractivity contribution is 7.89. The number of hydrogen-bond donors (Lipinski definition) is 1. The molecule has 0 spiro atoms. The lowest BCUT2D eigenvalue weighted by molar-refractivity contribution is 0.0105. The number of nitrogens with zero attached hydrogens (tertiary/aromatic N) is 1. The van der Waals surface area contributed by atoms with Crippen molar-refractivity contribution in [1.82, 2.24) is 9.03 Å². The number of unbranched alkanes of at least 4 members (excludes halogenated alkanes) is 2. The second-order valence-corrected chi connectivity index (χ2v) is 17.6. The summed E-state index contributed by atoms with van der Waals surface area (Å²) in [4.78, 5) is 0.397. The summed E-state index contributed by atoms with van der Waals surface area (Å²) < 4.78 is 67.4. The first-order valence-corrected chi connectivity index (χ1v) is 21.5. The second kappa shape index (κ2) is 17.3. The van der Waals surface area contributed by atoms with Crippen LogP contribution in [0.2, 0.25) is 0 Å². The third-order valence-corrected chi connectivity index (χ3v) is 13.7. The maximum absolute atomic E-state index is 14.4. The Morgan fingerprint density at radius 1 is 0.604 bits per heavy atom. The van der Waals surface area contributed by atoms with Gasteiger partial charge in [-0.3, -0.25) is 0 Å². The molecule has 0 radical (unpaired) electrons. The van der Waals surface area contributed by atoms with Crippen molar-refractivity contribution < 1.29 is 21.6 Å². The number of hydrogen-bond acceptors (Lipinski definition) is 5. The largest absolute Gasteiger partial charge is 0.361 e. The lowest BCUT2D eigenvalue weighted by Gasteiger charge is -2.39. The molecular weight excluding hydrogens is 701 g/mol. The summed E-state index contributed by atoms with van der Waals surface area (Å²) in [5, 5.41) is 0. The van der Waals surface area contributed by atoms with Crippen LogP contribution < -0.4 is 4.72 Å². The summed E-state index contributed by atoms with van der Waals surface area (Å²) in [5.41, 5.74) is 4.20. The van der Waals surface area contributed by atoms with Gasteiger partial charge in [-0.1, -0.05) is 139 Å². The molecule has 9 heteroatoms. The highest BCUT2D eigenvalue weighted by Crippen LogP contribution is 2.40. The Morgan fingerprint density at radius 2 is 1.08 bits per heavy atom. The molecule has 0 unspecified atom stereocenters. The van der Waals surface area contributed by atoms with Gasteiger partial charge in [0.2, 0.25) is 20.0 Å². The van der Waals surface area contributed by atoms with Crippen molar-refractivity contribution >= 4 is 20.0 Å². The lowest BCUT2D eigenvalue weighted by Crippen LogP contribution is -2.55. The van der Waals surface area contributed by atoms with E-state index in [1.807, 2.05) is 68.4 Å². The predicted molar refractivity (Wildman–Crippen MR) is 212 cm³/mol. The summed E-state index contributed by atoms with van der Waals surface area (Å²) in [6.45, 7) is 4.55. The number of benzene rings is 5. The van der Waals surface area contributed by atoms with Crippen molar-refractivity contribution in [3.8, 4) is 0 Å². The second-order valence-electron chi connectivity index (χ2n) is 14.0. The number of sulfonamides is 2. The van der Waals surface area contributed by atoms with Crippen molar-refractivity contribution in [2.75, 3.05) is 13.2 Å². The third-order valence-electron chi connectivity index (χ3n) is 10.2. The van der Waals surface area contributed by atoms with Gasteiger partial charge in [0.1, 0.15) is 5.60 Å². The van der Waals surface area contributed by atoms with Gasteiger partial charge in [-0.05, 0) is 86.9 Å². The number of ether oxygens (including phenoxy) is 1. The van der Waals surface area contributed by atoms with Gasteiger partial charge in [-0.2, -0.15) is 4.31 Å². The molecular formula is C44H50N2O5S2. The van der Waals surface area contributed by atoms with Crippen molar-refractivity contribution in [3.05, 3.63) is 167 Å². The molecule has 6 rings (SSSR count). The Hall–Kier alpha value is -4.12. The molecule has 5 aromatic carbocycles. The van der Waals surface area contributed by atoms with E-state index in [-0.39, 0.29) is 16.3 Å². The van der Waals surface area contributed by atoms with E-state index in [0.717, 1.165) is 47.1 Å². The molecule has 1 saturated carbocycles. The van der Waals surface area contributed by atoms with Crippen molar-refractivity contribution in [2.24, 2.45) is 0 Å². The van der Waals surface area contributed by atoms with Crippen LogP contribution >= 0.6 is 0 Å². The fourth-order valence-electron chi connectivity index (χ4n) is 7.43. The van der Waals surface area contributed by atoms with Crippen LogP contribution in [0.15, 0.2) is 149 Å². The molecule has 0 heterocycles.